The molecule has 9 nitrogen and oxygen atoms in total. The minimum Gasteiger partial charge on any atom is -0.358 e. The van der Waals surface area contributed by atoms with Crippen molar-refractivity contribution >= 4 is 29.1 Å². The molecule has 1 rings (SSSR count). The van der Waals surface area contributed by atoms with Crippen molar-refractivity contribution in [2.45, 2.75) is 0 Å². The third kappa shape index (κ3) is 1.66. The van der Waals surface area contributed by atoms with Gasteiger partial charge in [-0.05, 0) is 4.92 Å². The highest BCUT2D eigenvalue weighted by Crippen LogP contribution is 2.31. The van der Waals surface area contributed by atoms with E-state index in [1.54, 1.807) is 0 Å². The minimum atomic E-state index is -1.05. The maximum Gasteiger partial charge on any atom is 0.449 e. The number of nitrogen functional groups attached to an aromatic ring is 1. The summed E-state index contributed by atoms with van der Waals surface area (Å²) in [4.78, 5) is 24.9. The number of aromatic nitrogens is 2. The maximum absolute atomic E-state index is 10.4. The van der Waals surface area contributed by atoms with E-state index in [4.69, 9.17) is 17.3 Å². The van der Waals surface area contributed by atoms with Crippen LogP contribution in [0.5, 0.6) is 0 Å². The lowest BCUT2D eigenvalue weighted by Gasteiger charge is -1.95. The van der Waals surface area contributed by atoms with Crippen LogP contribution < -0.4 is 5.73 Å². The topological polar surface area (TPSA) is 138 Å². The van der Waals surface area contributed by atoms with E-state index in [1.807, 2.05) is 0 Å². The lowest BCUT2D eigenvalue weighted by molar-refractivity contribution is -0.425. The molecule has 0 saturated heterocycles. The molecule has 0 radical (unpaired) electrons. The Morgan fingerprint density at radius 3 is 2.21 bits per heavy atom. The first-order valence-electron chi connectivity index (χ1n) is 3.05. The molecule has 1 heterocycles. The van der Waals surface area contributed by atoms with Gasteiger partial charge in [0.25, 0.3) is 0 Å². The highest BCUT2D eigenvalue weighted by atomic mass is 35.5. The molecule has 0 atom stereocenters. The predicted molar refractivity (Wildman–Crippen MR) is 44.8 cm³/mol. The molecule has 10 heteroatoms. The second-order valence-electron chi connectivity index (χ2n) is 2.06. The summed E-state index contributed by atoms with van der Waals surface area (Å²) >= 11 is 5.30. The number of hydrogen-bond acceptors (Lipinski definition) is 7. The Balaban J connectivity index is 3.52. The zero-order valence-electron chi connectivity index (χ0n) is 6.38. The first-order chi connectivity index (χ1) is 6.43. The van der Waals surface area contributed by atoms with Crippen molar-refractivity contribution < 1.29 is 9.85 Å². The van der Waals surface area contributed by atoms with Crippen LogP contribution in [0.4, 0.5) is 17.5 Å². The SMILES string of the molecule is Nc1nc(Cl)c([N+](=O)[O-])c([N+](=O)[O-])n1. The number of nitro groups is 2. The summed E-state index contributed by atoms with van der Waals surface area (Å²) in [6, 6.07) is 0. The van der Waals surface area contributed by atoms with Crippen LogP contribution in [-0.2, 0) is 0 Å². The Hall–Kier alpha value is -2.03. The normalized spacial score (nSPS) is 9.79. The van der Waals surface area contributed by atoms with E-state index in [9.17, 15) is 20.2 Å². The van der Waals surface area contributed by atoms with E-state index in [-0.39, 0.29) is 0 Å². The zero-order chi connectivity index (χ0) is 10.9. The lowest BCUT2D eigenvalue weighted by atomic mass is 10.5. The number of hydrogen-bond donors (Lipinski definition) is 1. The second kappa shape index (κ2) is 3.38. The lowest BCUT2D eigenvalue weighted by Crippen LogP contribution is -2.05. The van der Waals surface area contributed by atoms with Crippen molar-refractivity contribution in [2.75, 3.05) is 5.73 Å². The van der Waals surface area contributed by atoms with Crippen LogP contribution in [0.2, 0.25) is 5.15 Å². The molecule has 74 valence electrons. The van der Waals surface area contributed by atoms with Crippen molar-refractivity contribution in [3.05, 3.63) is 25.4 Å². The highest BCUT2D eigenvalue weighted by Gasteiger charge is 2.32. The van der Waals surface area contributed by atoms with Crippen LogP contribution >= 0.6 is 11.6 Å². The Labute approximate surface area is 80.8 Å². The molecule has 2 N–H and O–H groups in total. The van der Waals surface area contributed by atoms with Crippen LogP contribution in [0.15, 0.2) is 0 Å². The number of halogens is 1. The molecule has 0 amide bonds. The summed E-state index contributed by atoms with van der Waals surface area (Å²) in [7, 11) is 0. The molecule has 0 fully saturated rings. The Morgan fingerprint density at radius 1 is 1.21 bits per heavy atom. The Kier molecular flexibility index (Phi) is 2.42. The van der Waals surface area contributed by atoms with Gasteiger partial charge >= 0.3 is 17.5 Å². The van der Waals surface area contributed by atoms with Gasteiger partial charge in [0.15, 0.2) is 0 Å². The zero-order valence-corrected chi connectivity index (χ0v) is 7.13. The van der Waals surface area contributed by atoms with Gasteiger partial charge in [0.05, 0.1) is 4.92 Å². The number of nitrogens with two attached hydrogens (primary N) is 1. The highest BCUT2D eigenvalue weighted by molar-refractivity contribution is 6.31. The maximum atomic E-state index is 10.4. The smallest absolute Gasteiger partial charge is 0.358 e. The molecule has 0 aromatic carbocycles. The third-order valence-electron chi connectivity index (χ3n) is 1.20. The average Bonchev–Trinajstić information content (AvgIpc) is 2.01. The van der Waals surface area contributed by atoms with Crippen molar-refractivity contribution in [1.82, 2.24) is 9.97 Å². The van der Waals surface area contributed by atoms with Crippen LogP contribution in [-0.4, -0.2) is 19.8 Å². The standard InChI is InChI=1S/C4H2ClN5O4/c5-2-1(9(11)12)3(10(13)14)8-4(6)7-2/h(H2,6,7,8). The van der Waals surface area contributed by atoms with Crippen molar-refractivity contribution in [3.63, 3.8) is 0 Å². The molecule has 0 saturated carbocycles. The van der Waals surface area contributed by atoms with E-state index >= 15 is 0 Å². The fourth-order valence-electron chi connectivity index (χ4n) is 0.717. The van der Waals surface area contributed by atoms with Gasteiger partial charge in [0, 0.05) is 4.98 Å². The first-order valence-corrected chi connectivity index (χ1v) is 3.43. The summed E-state index contributed by atoms with van der Waals surface area (Å²) in [5, 5.41) is 20.0. The average molecular weight is 220 g/mol. The van der Waals surface area contributed by atoms with Crippen LogP contribution in [0, 0.1) is 20.2 Å². The second-order valence-corrected chi connectivity index (χ2v) is 2.42. The van der Waals surface area contributed by atoms with Gasteiger partial charge in [-0.15, -0.1) is 0 Å². The van der Waals surface area contributed by atoms with E-state index in [0.717, 1.165) is 0 Å². The van der Waals surface area contributed by atoms with Crippen molar-refractivity contribution in [2.24, 2.45) is 0 Å². The predicted octanol–water partition coefficient (Wildman–Crippen LogP) is 0.529. The molecule has 0 unspecified atom stereocenters. The summed E-state index contributed by atoms with van der Waals surface area (Å²) in [5.74, 6) is -1.51. The van der Waals surface area contributed by atoms with E-state index in [0.29, 0.717) is 0 Å². The monoisotopic (exact) mass is 219 g/mol. The third-order valence-corrected chi connectivity index (χ3v) is 1.46. The summed E-state index contributed by atoms with van der Waals surface area (Å²) < 4.78 is 0. The summed E-state index contributed by atoms with van der Waals surface area (Å²) in [6.45, 7) is 0. The molecular formula is C4H2ClN5O4. The van der Waals surface area contributed by atoms with Gasteiger partial charge in [-0.25, -0.2) is 0 Å². The van der Waals surface area contributed by atoms with Crippen LogP contribution in [0.1, 0.15) is 0 Å². The minimum absolute atomic E-state index is 0.493. The summed E-state index contributed by atoms with van der Waals surface area (Å²) in [6.07, 6.45) is 0. The fourth-order valence-corrected chi connectivity index (χ4v) is 0.957. The van der Waals surface area contributed by atoms with Gasteiger partial charge in [0.1, 0.15) is 0 Å². The molecule has 1 aromatic heterocycles. The first kappa shape index (κ1) is 10.1. The summed E-state index contributed by atoms with van der Waals surface area (Å²) in [5.41, 5.74) is 4.07. The van der Waals surface area contributed by atoms with Gasteiger partial charge < -0.3 is 15.8 Å². The number of nitrogens with zero attached hydrogens (tertiary/aromatic N) is 4. The van der Waals surface area contributed by atoms with Crippen LogP contribution in [0.3, 0.4) is 0 Å². The van der Waals surface area contributed by atoms with Gasteiger partial charge in [-0.2, -0.15) is 4.98 Å². The quantitative estimate of drug-likeness (QED) is 0.435. The van der Waals surface area contributed by atoms with Crippen molar-refractivity contribution in [1.29, 1.82) is 0 Å². The molecule has 0 spiro atoms. The van der Waals surface area contributed by atoms with Crippen molar-refractivity contribution in [3.8, 4) is 0 Å². The fraction of sp³-hybridized carbons (Fsp3) is 0. The van der Waals surface area contributed by atoms with Gasteiger partial charge in [-0.3, -0.25) is 10.1 Å². The molecule has 0 aliphatic rings. The Bertz CT molecular complexity index is 420. The molecular weight excluding hydrogens is 218 g/mol. The molecule has 1 aromatic rings. The molecule has 0 aliphatic heterocycles. The molecule has 0 aliphatic carbocycles. The molecule has 14 heavy (non-hydrogen) atoms. The van der Waals surface area contributed by atoms with Crippen LogP contribution in [0.25, 0.3) is 0 Å². The number of anilines is 1. The largest absolute Gasteiger partial charge is 0.449 e. The van der Waals surface area contributed by atoms with E-state index in [2.05, 4.69) is 9.97 Å². The van der Waals surface area contributed by atoms with Gasteiger partial charge in [0.2, 0.25) is 5.15 Å². The van der Waals surface area contributed by atoms with Gasteiger partial charge in [-0.1, -0.05) is 11.6 Å². The molecule has 0 bridgehead atoms. The van der Waals surface area contributed by atoms with E-state index in [1.165, 1.54) is 0 Å². The van der Waals surface area contributed by atoms with E-state index < -0.39 is 32.5 Å². The number of rotatable bonds is 2. The Morgan fingerprint density at radius 2 is 1.79 bits per heavy atom.